The molecule has 0 radical (unpaired) electrons. The second kappa shape index (κ2) is 7.23. The van der Waals surface area contributed by atoms with Gasteiger partial charge in [-0.1, -0.05) is 44.9 Å². The zero-order chi connectivity index (χ0) is 11.8. The third kappa shape index (κ3) is 4.62. The standard InChI is InChI=1S/C13H20N2S/c1-3-11(4-2)10-14-13(16)15-12-8-6-5-7-9-12/h5-9,11H,3-4,10H2,1-2H3,(H2,14,15,16). The molecule has 0 atom stereocenters. The van der Waals surface area contributed by atoms with E-state index < -0.39 is 0 Å². The van der Waals surface area contributed by atoms with Crippen LogP contribution in [0.25, 0.3) is 0 Å². The normalized spacial score (nSPS) is 10.2. The maximum atomic E-state index is 5.23. The molecule has 0 heterocycles. The fourth-order valence-electron chi connectivity index (χ4n) is 1.51. The van der Waals surface area contributed by atoms with E-state index in [1.807, 2.05) is 30.3 Å². The van der Waals surface area contributed by atoms with Crippen LogP contribution in [0.1, 0.15) is 26.7 Å². The Balaban J connectivity index is 2.31. The van der Waals surface area contributed by atoms with Crippen LogP contribution in [-0.4, -0.2) is 11.7 Å². The maximum Gasteiger partial charge on any atom is 0.170 e. The van der Waals surface area contributed by atoms with Crippen molar-refractivity contribution in [3.05, 3.63) is 30.3 Å². The van der Waals surface area contributed by atoms with Gasteiger partial charge in [-0.25, -0.2) is 0 Å². The fraction of sp³-hybridized carbons (Fsp3) is 0.462. The summed E-state index contributed by atoms with van der Waals surface area (Å²) in [5.41, 5.74) is 1.03. The summed E-state index contributed by atoms with van der Waals surface area (Å²) in [6, 6.07) is 9.99. The summed E-state index contributed by atoms with van der Waals surface area (Å²) < 4.78 is 0. The smallest absolute Gasteiger partial charge is 0.170 e. The van der Waals surface area contributed by atoms with Crippen molar-refractivity contribution in [3.8, 4) is 0 Å². The van der Waals surface area contributed by atoms with Gasteiger partial charge < -0.3 is 10.6 Å². The lowest BCUT2D eigenvalue weighted by atomic mass is 10.0. The number of nitrogens with one attached hydrogen (secondary N) is 2. The van der Waals surface area contributed by atoms with E-state index in [9.17, 15) is 0 Å². The van der Waals surface area contributed by atoms with Crippen LogP contribution >= 0.6 is 12.2 Å². The molecule has 0 saturated heterocycles. The first-order valence-corrected chi connectivity index (χ1v) is 6.27. The monoisotopic (exact) mass is 236 g/mol. The van der Waals surface area contributed by atoms with Crippen molar-refractivity contribution in [3.63, 3.8) is 0 Å². The van der Waals surface area contributed by atoms with Gasteiger partial charge in [-0.05, 0) is 30.3 Å². The van der Waals surface area contributed by atoms with Gasteiger partial charge in [0.15, 0.2) is 5.11 Å². The molecule has 3 heteroatoms. The Labute approximate surface area is 103 Å². The Kier molecular flexibility index (Phi) is 5.86. The van der Waals surface area contributed by atoms with E-state index in [-0.39, 0.29) is 0 Å². The van der Waals surface area contributed by atoms with Crippen molar-refractivity contribution in [2.45, 2.75) is 26.7 Å². The van der Waals surface area contributed by atoms with Crippen LogP contribution < -0.4 is 10.6 Å². The maximum absolute atomic E-state index is 5.23. The number of thiocarbonyl (C=S) groups is 1. The van der Waals surface area contributed by atoms with E-state index in [2.05, 4.69) is 24.5 Å². The Morgan fingerprint density at radius 3 is 2.38 bits per heavy atom. The molecule has 1 rings (SSSR count). The first-order valence-electron chi connectivity index (χ1n) is 5.86. The van der Waals surface area contributed by atoms with Gasteiger partial charge in [0.05, 0.1) is 0 Å². The molecule has 0 amide bonds. The summed E-state index contributed by atoms with van der Waals surface area (Å²) in [4.78, 5) is 0. The minimum atomic E-state index is 0.704. The molecule has 0 fully saturated rings. The quantitative estimate of drug-likeness (QED) is 0.766. The molecule has 0 spiro atoms. The fourth-order valence-corrected chi connectivity index (χ4v) is 1.71. The highest BCUT2D eigenvalue weighted by Crippen LogP contribution is 2.07. The van der Waals surface area contributed by atoms with Gasteiger partial charge in [-0.2, -0.15) is 0 Å². The summed E-state index contributed by atoms with van der Waals surface area (Å²) in [6.45, 7) is 5.37. The molecule has 0 unspecified atom stereocenters. The van der Waals surface area contributed by atoms with Crippen LogP contribution in [0.4, 0.5) is 5.69 Å². The molecule has 0 aliphatic carbocycles. The van der Waals surface area contributed by atoms with Crippen LogP contribution in [0.15, 0.2) is 30.3 Å². The number of para-hydroxylation sites is 1. The summed E-state index contributed by atoms with van der Waals surface area (Å²) >= 11 is 5.23. The molecule has 16 heavy (non-hydrogen) atoms. The highest BCUT2D eigenvalue weighted by atomic mass is 32.1. The number of anilines is 1. The zero-order valence-corrected chi connectivity index (χ0v) is 10.8. The van der Waals surface area contributed by atoms with Crippen LogP contribution in [0.5, 0.6) is 0 Å². The van der Waals surface area contributed by atoms with E-state index in [4.69, 9.17) is 12.2 Å². The van der Waals surface area contributed by atoms with Crippen molar-refractivity contribution >= 4 is 23.0 Å². The van der Waals surface area contributed by atoms with E-state index in [0.29, 0.717) is 11.0 Å². The molecule has 1 aromatic rings. The Bertz CT molecular complexity index is 307. The predicted molar refractivity (Wildman–Crippen MR) is 74.7 cm³/mol. The molecular formula is C13H20N2S. The Hall–Kier alpha value is -1.09. The molecule has 0 aliphatic heterocycles. The van der Waals surface area contributed by atoms with Crippen molar-refractivity contribution < 1.29 is 0 Å². The lowest BCUT2D eigenvalue weighted by Crippen LogP contribution is -2.32. The average molecular weight is 236 g/mol. The van der Waals surface area contributed by atoms with Crippen LogP contribution in [0.3, 0.4) is 0 Å². The van der Waals surface area contributed by atoms with E-state index >= 15 is 0 Å². The van der Waals surface area contributed by atoms with Gasteiger partial charge in [0.25, 0.3) is 0 Å². The highest BCUT2D eigenvalue weighted by molar-refractivity contribution is 7.80. The lowest BCUT2D eigenvalue weighted by molar-refractivity contribution is 0.485. The topological polar surface area (TPSA) is 24.1 Å². The summed E-state index contributed by atoms with van der Waals surface area (Å²) in [7, 11) is 0. The second-order valence-corrected chi connectivity index (χ2v) is 4.29. The Morgan fingerprint density at radius 2 is 1.81 bits per heavy atom. The van der Waals surface area contributed by atoms with E-state index in [1.165, 1.54) is 12.8 Å². The van der Waals surface area contributed by atoms with Crippen LogP contribution in [0, 0.1) is 5.92 Å². The zero-order valence-electron chi connectivity index (χ0n) is 9.99. The van der Waals surface area contributed by atoms with Gasteiger partial charge in [-0.15, -0.1) is 0 Å². The molecule has 0 aromatic heterocycles. The average Bonchev–Trinajstić information content (AvgIpc) is 2.31. The van der Waals surface area contributed by atoms with Crippen LogP contribution in [0.2, 0.25) is 0 Å². The molecular weight excluding hydrogens is 216 g/mol. The summed E-state index contributed by atoms with van der Waals surface area (Å²) in [5, 5.41) is 7.13. The first kappa shape index (κ1) is 13.0. The highest BCUT2D eigenvalue weighted by Gasteiger charge is 2.03. The lowest BCUT2D eigenvalue weighted by Gasteiger charge is -2.15. The van der Waals surface area contributed by atoms with Gasteiger partial charge in [0.2, 0.25) is 0 Å². The number of hydrogen-bond donors (Lipinski definition) is 2. The van der Waals surface area contributed by atoms with Gasteiger partial charge in [0.1, 0.15) is 0 Å². The van der Waals surface area contributed by atoms with Crippen LogP contribution in [-0.2, 0) is 0 Å². The molecule has 1 aromatic carbocycles. The second-order valence-electron chi connectivity index (χ2n) is 3.88. The minimum absolute atomic E-state index is 0.704. The van der Waals surface area contributed by atoms with E-state index in [0.717, 1.165) is 12.2 Å². The number of hydrogen-bond acceptors (Lipinski definition) is 1. The van der Waals surface area contributed by atoms with Gasteiger partial charge in [0, 0.05) is 12.2 Å². The largest absolute Gasteiger partial charge is 0.362 e. The molecule has 0 aliphatic rings. The summed E-state index contributed by atoms with van der Waals surface area (Å²) in [5.74, 6) is 0.704. The third-order valence-electron chi connectivity index (χ3n) is 2.74. The van der Waals surface area contributed by atoms with Crippen molar-refractivity contribution in [2.24, 2.45) is 5.92 Å². The van der Waals surface area contributed by atoms with Crippen molar-refractivity contribution in [1.29, 1.82) is 0 Å². The molecule has 2 nitrogen and oxygen atoms in total. The van der Waals surface area contributed by atoms with Crippen molar-refractivity contribution in [2.75, 3.05) is 11.9 Å². The van der Waals surface area contributed by atoms with Gasteiger partial charge in [-0.3, -0.25) is 0 Å². The number of benzene rings is 1. The molecule has 88 valence electrons. The summed E-state index contributed by atoms with van der Waals surface area (Å²) in [6.07, 6.45) is 2.38. The van der Waals surface area contributed by atoms with Gasteiger partial charge >= 0.3 is 0 Å². The Morgan fingerprint density at radius 1 is 1.19 bits per heavy atom. The SMILES string of the molecule is CCC(CC)CNC(=S)Nc1ccccc1. The van der Waals surface area contributed by atoms with Crippen molar-refractivity contribution in [1.82, 2.24) is 5.32 Å². The molecule has 0 saturated carbocycles. The molecule has 2 N–H and O–H groups in total. The third-order valence-corrected chi connectivity index (χ3v) is 2.98. The first-order chi connectivity index (χ1) is 7.76. The predicted octanol–water partition coefficient (Wildman–Crippen LogP) is 3.41. The minimum Gasteiger partial charge on any atom is -0.362 e. The van der Waals surface area contributed by atoms with E-state index in [1.54, 1.807) is 0 Å². The number of rotatable bonds is 5. The molecule has 0 bridgehead atoms.